The number of rotatable bonds is 3. The molecule has 0 radical (unpaired) electrons. The van der Waals surface area contributed by atoms with Crippen LogP contribution >= 0.6 is 0 Å². The summed E-state index contributed by atoms with van der Waals surface area (Å²) in [7, 11) is 0. The van der Waals surface area contributed by atoms with Gasteiger partial charge < -0.3 is 15.7 Å². The number of aliphatic hydroxyl groups is 1. The Morgan fingerprint density at radius 3 is 2.67 bits per heavy atom. The van der Waals surface area contributed by atoms with Crippen molar-refractivity contribution < 1.29 is 9.90 Å². The molecule has 1 aromatic rings. The number of hydrogen-bond acceptors (Lipinski definition) is 3. The first kappa shape index (κ1) is 12.6. The highest BCUT2D eigenvalue weighted by molar-refractivity contribution is 5.91. The highest BCUT2D eigenvalue weighted by Crippen LogP contribution is 2.25. The Hall–Kier alpha value is -1.81. The van der Waals surface area contributed by atoms with Crippen LogP contribution in [0.5, 0.6) is 0 Å². The normalized spacial score (nSPS) is 17.3. The van der Waals surface area contributed by atoms with E-state index in [1.807, 2.05) is 24.3 Å². The Morgan fingerprint density at radius 1 is 1.33 bits per heavy atom. The Balaban J connectivity index is 2.19. The van der Waals surface area contributed by atoms with Gasteiger partial charge in [-0.25, -0.2) is 0 Å². The van der Waals surface area contributed by atoms with Gasteiger partial charge in [-0.1, -0.05) is 18.2 Å². The topological polar surface area (TPSA) is 66.6 Å². The van der Waals surface area contributed by atoms with Gasteiger partial charge in [0.05, 0.1) is 6.10 Å². The maximum Gasteiger partial charge on any atom is 0.241 e. The number of primary amides is 1. The van der Waals surface area contributed by atoms with Crippen LogP contribution in [-0.2, 0) is 4.79 Å². The minimum Gasteiger partial charge on any atom is -0.393 e. The van der Waals surface area contributed by atoms with E-state index in [-0.39, 0.29) is 6.10 Å². The molecule has 18 heavy (non-hydrogen) atoms. The zero-order valence-corrected chi connectivity index (χ0v) is 10.2. The molecular weight excluding hydrogens is 228 g/mol. The molecular formula is C14H18N2O2. The van der Waals surface area contributed by atoms with Crippen molar-refractivity contribution in [3.05, 3.63) is 35.9 Å². The van der Waals surface area contributed by atoms with Gasteiger partial charge in [0.2, 0.25) is 5.91 Å². The van der Waals surface area contributed by atoms with Gasteiger partial charge in [-0.15, -0.1) is 0 Å². The molecule has 0 aromatic heterocycles. The van der Waals surface area contributed by atoms with E-state index in [1.54, 1.807) is 6.08 Å². The maximum absolute atomic E-state index is 10.8. The van der Waals surface area contributed by atoms with Gasteiger partial charge in [0.1, 0.15) is 0 Å². The quantitative estimate of drug-likeness (QED) is 0.786. The van der Waals surface area contributed by atoms with Crippen molar-refractivity contribution in [2.45, 2.75) is 18.9 Å². The third kappa shape index (κ3) is 3.11. The van der Waals surface area contributed by atoms with Gasteiger partial charge >= 0.3 is 0 Å². The van der Waals surface area contributed by atoms with Gasteiger partial charge in [0.15, 0.2) is 0 Å². The third-order valence-corrected chi connectivity index (χ3v) is 3.17. The molecule has 1 fully saturated rings. The zero-order chi connectivity index (χ0) is 13.0. The molecule has 1 aliphatic rings. The van der Waals surface area contributed by atoms with Crippen molar-refractivity contribution in [1.82, 2.24) is 0 Å². The molecule has 0 spiro atoms. The molecule has 1 amide bonds. The van der Waals surface area contributed by atoms with Crippen LogP contribution in [-0.4, -0.2) is 30.2 Å². The van der Waals surface area contributed by atoms with Gasteiger partial charge in [-0.05, 0) is 30.5 Å². The van der Waals surface area contributed by atoms with Crippen molar-refractivity contribution in [2.24, 2.45) is 5.73 Å². The Labute approximate surface area is 107 Å². The number of nitrogens with two attached hydrogens (primary N) is 1. The molecule has 96 valence electrons. The molecule has 3 N–H and O–H groups in total. The number of nitrogens with zero attached hydrogens (tertiary/aromatic N) is 1. The number of piperidine rings is 1. The summed E-state index contributed by atoms with van der Waals surface area (Å²) in [6.07, 6.45) is 4.50. The molecule has 0 unspecified atom stereocenters. The highest BCUT2D eigenvalue weighted by atomic mass is 16.3. The SMILES string of the molecule is NC(=O)/C=C\c1ccccc1N1CCC(O)CC1. The number of benzene rings is 1. The molecule has 0 atom stereocenters. The number of carbonyl (C=O) groups is 1. The summed E-state index contributed by atoms with van der Waals surface area (Å²) >= 11 is 0. The van der Waals surface area contributed by atoms with Crippen molar-refractivity contribution in [3.63, 3.8) is 0 Å². The predicted molar refractivity (Wildman–Crippen MR) is 72.1 cm³/mol. The molecule has 0 saturated carbocycles. The largest absolute Gasteiger partial charge is 0.393 e. The number of aliphatic hydroxyl groups excluding tert-OH is 1. The van der Waals surface area contributed by atoms with E-state index >= 15 is 0 Å². The Bertz CT molecular complexity index is 449. The fraction of sp³-hybridized carbons (Fsp3) is 0.357. The number of hydrogen-bond donors (Lipinski definition) is 2. The zero-order valence-electron chi connectivity index (χ0n) is 10.2. The average molecular weight is 246 g/mol. The van der Waals surface area contributed by atoms with Crippen LogP contribution in [0.3, 0.4) is 0 Å². The standard InChI is InChI=1S/C14H18N2O2/c15-14(18)6-5-11-3-1-2-4-13(11)16-9-7-12(17)8-10-16/h1-6,12,17H,7-10H2,(H2,15,18)/b6-5-. The number of anilines is 1. The summed E-state index contributed by atoms with van der Waals surface area (Å²) in [5.74, 6) is -0.445. The third-order valence-electron chi connectivity index (χ3n) is 3.17. The summed E-state index contributed by atoms with van der Waals surface area (Å²) in [5.41, 5.74) is 7.18. The van der Waals surface area contributed by atoms with Crippen LogP contribution in [0.4, 0.5) is 5.69 Å². The molecule has 0 aliphatic carbocycles. The molecule has 1 aromatic carbocycles. The lowest BCUT2D eigenvalue weighted by Gasteiger charge is -2.32. The first-order chi connectivity index (χ1) is 8.66. The number of para-hydroxylation sites is 1. The summed E-state index contributed by atoms with van der Waals surface area (Å²) in [6.45, 7) is 1.67. The van der Waals surface area contributed by atoms with Crippen LogP contribution < -0.4 is 10.6 Å². The predicted octanol–water partition coefficient (Wildman–Crippen LogP) is 1.15. The van der Waals surface area contributed by atoms with Crippen LogP contribution in [0.15, 0.2) is 30.3 Å². The second-order valence-electron chi connectivity index (χ2n) is 4.51. The molecule has 0 bridgehead atoms. The van der Waals surface area contributed by atoms with Crippen molar-refractivity contribution in [2.75, 3.05) is 18.0 Å². The van der Waals surface area contributed by atoms with Gasteiger partial charge in [0.25, 0.3) is 0 Å². The number of amides is 1. The first-order valence-electron chi connectivity index (χ1n) is 6.16. The lowest BCUT2D eigenvalue weighted by Crippen LogP contribution is -2.36. The summed E-state index contributed by atoms with van der Waals surface area (Å²) in [5, 5.41) is 9.52. The molecule has 1 heterocycles. The van der Waals surface area contributed by atoms with E-state index < -0.39 is 5.91 Å². The van der Waals surface area contributed by atoms with Gasteiger partial charge in [-0.2, -0.15) is 0 Å². The molecule has 2 rings (SSSR count). The monoisotopic (exact) mass is 246 g/mol. The Morgan fingerprint density at radius 2 is 2.00 bits per heavy atom. The van der Waals surface area contributed by atoms with Crippen LogP contribution in [0.2, 0.25) is 0 Å². The fourth-order valence-electron chi connectivity index (χ4n) is 2.20. The molecule has 1 saturated heterocycles. The van der Waals surface area contributed by atoms with E-state index in [2.05, 4.69) is 4.90 Å². The first-order valence-corrected chi connectivity index (χ1v) is 6.16. The minimum absolute atomic E-state index is 0.186. The second kappa shape index (κ2) is 5.69. The van der Waals surface area contributed by atoms with E-state index in [4.69, 9.17) is 5.73 Å². The summed E-state index contributed by atoms with van der Waals surface area (Å²) in [4.78, 5) is 13.0. The second-order valence-corrected chi connectivity index (χ2v) is 4.51. The Kier molecular flexibility index (Phi) is 3.99. The van der Waals surface area contributed by atoms with Crippen LogP contribution in [0.1, 0.15) is 18.4 Å². The smallest absolute Gasteiger partial charge is 0.241 e. The molecule has 1 aliphatic heterocycles. The lowest BCUT2D eigenvalue weighted by molar-refractivity contribution is -0.113. The van der Waals surface area contributed by atoms with Crippen LogP contribution in [0.25, 0.3) is 6.08 Å². The van der Waals surface area contributed by atoms with Crippen molar-refractivity contribution in [1.29, 1.82) is 0 Å². The summed E-state index contributed by atoms with van der Waals surface area (Å²) in [6, 6.07) is 7.89. The van der Waals surface area contributed by atoms with Crippen LogP contribution in [0, 0.1) is 0 Å². The molecule has 4 heteroatoms. The van der Waals surface area contributed by atoms with E-state index in [0.29, 0.717) is 0 Å². The van der Waals surface area contributed by atoms with Crippen molar-refractivity contribution >= 4 is 17.7 Å². The van der Waals surface area contributed by atoms with E-state index in [0.717, 1.165) is 37.2 Å². The maximum atomic E-state index is 10.8. The highest BCUT2D eigenvalue weighted by Gasteiger charge is 2.18. The lowest BCUT2D eigenvalue weighted by atomic mass is 10.0. The van der Waals surface area contributed by atoms with Crippen molar-refractivity contribution in [3.8, 4) is 0 Å². The summed E-state index contributed by atoms with van der Waals surface area (Å²) < 4.78 is 0. The fourth-order valence-corrected chi connectivity index (χ4v) is 2.20. The van der Waals surface area contributed by atoms with Gasteiger partial charge in [-0.3, -0.25) is 4.79 Å². The van der Waals surface area contributed by atoms with E-state index in [9.17, 15) is 9.90 Å². The van der Waals surface area contributed by atoms with Gasteiger partial charge in [0, 0.05) is 24.9 Å². The minimum atomic E-state index is -0.445. The molecule has 4 nitrogen and oxygen atoms in total. The van der Waals surface area contributed by atoms with E-state index in [1.165, 1.54) is 6.08 Å². The number of carbonyl (C=O) groups excluding carboxylic acids is 1. The average Bonchev–Trinajstić information content (AvgIpc) is 2.38.